The molecule has 1 aromatic carbocycles. The van der Waals surface area contributed by atoms with E-state index in [0.717, 1.165) is 40.9 Å². The molecule has 1 spiro atoms. The second-order valence-electron chi connectivity index (χ2n) is 10.1. The van der Waals surface area contributed by atoms with Crippen LogP contribution in [0.15, 0.2) is 24.3 Å². The molecule has 0 unspecified atom stereocenters. The van der Waals surface area contributed by atoms with Gasteiger partial charge < -0.3 is 19.1 Å². The Labute approximate surface area is 179 Å². The van der Waals surface area contributed by atoms with E-state index in [2.05, 4.69) is 4.57 Å². The van der Waals surface area contributed by atoms with Crippen LogP contribution in [0.1, 0.15) is 43.2 Å². The highest BCUT2D eigenvalue weighted by molar-refractivity contribution is 6.09. The van der Waals surface area contributed by atoms with Gasteiger partial charge in [0.25, 0.3) is 11.8 Å². The van der Waals surface area contributed by atoms with Crippen molar-refractivity contribution in [3.8, 4) is 0 Å². The SMILES string of the molecule is CC(C)(C)OC(=O)N1CC(F)(F)C2(C1)CN(C(=O)c1c3n(c4ccccc14)CCC3)C2. The zero-order valence-electron chi connectivity index (χ0n) is 18.1. The average molecular weight is 431 g/mol. The molecule has 3 aliphatic heterocycles. The number of aryl methyl sites for hydroxylation is 1. The van der Waals surface area contributed by atoms with Crippen molar-refractivity contribution in [2.24, 2.45) is 5.41 Å². The molecule has 0 aliphatic carbocycles. The van der Waals surface area contributed by atoms with Crippen molar-refractivity contribution in [1.82, 2.24) is 14.4 Å². The Kier molecular flexibility index (Phi) is 4.21. The van der Waals surface area contributed by atoms with Crippen LogP contribution in [0.4, 0.5) is 13.6 Å². The van der Waals surface area contributed by atoms with Crippen LogP contribution < -0.4 is 0 Å². The number of hydrogen-bond donors (Lipinski definition) is 0. The van der Waals surface area contributed by atoms with Crippen LogP contribution in [0, 0.1) is 5.41 Å². The molecule has 2 fully saturated rings. The van der Waals surface area contributed by atoms with Gasteiger partial charge in [-0.1, -0.05) is 18.2 Å². The Morgan fingerprint density at radius 1 is 1.03 bits per heavy atom. The number of carbonyl (C=O) groups is 2. The molecule has 5 rings (SSSR count). The van der Waals surface area contributed by atoms with Crippen LogP contribution in [0.3, 0.4) is 0 Å². The highest BCUT2D eigenvalue weighted by atomic mass is 19.3. The molecule has 0 radical (unpaired) electrons. The number of carbonyl (C=O) groups excluding carboxylic acids is 2. The first-order valence-electron chi connectivity index (χ1n) is 10.8. The monoisotopic (exact) mass is 431 g/mol. The largest absolute Gasteiger partial charge is 0.444 e. The molecule has 2 saturated heterocycles. The van der Waals surface area contributed by atoms with Crippen LogP contribution in [0.2, 0.25) is 0 Å². The van der Waals surface area contributed by atoms with E-state index in [1.807, 2.05) is 24.3 Å². The number of benzene rings is 1. The molecule has 0 bridgehead atoms. The van der Waals surface area contributed by atoms with E-state index >= 15 is 0 Å². The lowest BCUT2D eigenvalue weighted by Crippen LogP contribution is -2.66. The van der Waals surface area contributed by atoms with Gasteiger partial charge in [-0.3, -0.25) is 4.79 Å². The van der Waals surface area contributed by atoms with E-state index < -0.39 is 29.6 Å². The normalized spacial score (nSPS) is 21.5. The van der Waals surface area contributed by atoms with Gasteiger partial charge in [-0.15, -0.1) is 0 Å². The summed E-state index contributed by atoms with van der Waals surface area (Å²) in [5, 5.41) is 0.886. The molecule has 4 heterocycles. The molecule has 8 heteroatoms. The van der Waals surface area contributed by atoms with Gasteiger partial charge >= 0.3 is 6.09 Å². The van der Waals surface area contributed by atoms with Crippen LogP contribution >= 0.6 is 0 Å². The Bertz CT molecular complexity index is 1080. The standard InChI is InChI=1S/C23H27F2N3O3/c1-21(2,3)31-20(30)27-13-22(23(24,25)14-27)11-26(12-22)19(29)18-15-7-4-5-8-16(15)28-10-6-9-17(18)28/h4-5,7-8H,6,9-14H2,1-3H3. The first kappa shape index (κ1) is 20.3. The van der Waals surface area contributed by atoms with Crippen LogP contribution in [0.25, 0.3) is 10.9 Å². The fourth-order valence-corrected chi connectivity index (χ4v) is 5.23. The number of ether oxygens (including phenoxy) is 1. The number of halogens is 2. The number of amides is 2. The van der Waals surface area contributed by atoms with Crippen LogP contribution in [-0.4, -0.2) is 64.1 Å². The lowest BCUT2D eigenvalue weighted by molar-refractivity contribution is -0.144. The van der Waals surface area contributed by atoms with Crippen molar-refractivity contribution in [2.45, 2.75) is 51.7 Å². The minimum atomic E-state index is -3.06. The van der Waals surface area contributed by atoms with E-state index in [4.69, 9.17) is 4.74 Å². The maximum Gasteiger partial charge on any atom is 0.410 e. The summed E-state index contributed by atoms with van der Waals surface area (Å²) in [4.78, 5) is 28.3. The maximum absolute atomic E-state index is 14.9. The lowest BCUT2D eigenvalue weighted by Gasteiger charge is -2.50. The molecule has 1 aromatic heterocycles. The fraction of sp³-hybridized carbons (Fsp3) is 0.565. The van der Waals surface area contributed by atoms with Gasteiger partial charge in [0, 0.05) is 42.8 Å². The van der Waals surface area contributed by atoms with E-state index in [0.29, 0.717) is 5.56 Å². The number of rotatable bonds is 1. The molecular weight excluding hydrogens is 404 g/mol. The topological polar surface area (TPSA) is 54.8 Å². The van der Waals surface area contributed by atoms with Gasteiger partial charge in [0.05, 0.1) is 17.5 Å². The summed E-state index contributed by atoms with van der Waals surface area (Å²) in [5.74, 6) is -3.25. The van der Waals surface area contributed by atoms with Gasteiger partial charge in [-0.2, -0.15) is 0 Å². The molecular formula is C23H27F2N3O3. The molecule has 3 aliphatic rings. The highest BCUT2D eigenvalue weighted by Gasteiger charge is 2.67. The maximum atomic E-state index is 14.9. The summed E-state index contributed by atoms with van der Waals surface area (Å²) in [6, 6.07) is 7.78. The first-order valence-corrected chi connectivity index (χ1v) is 10.8. The molecule has 31 heavy (non-hydrogen) atoms. The zero-order valence-corrected chi connectivity index (χ0v) is 18.1. The summed E-state index contributed by atoms with van der Waals surface area (Å²) < 4.78 is 37.3. The molecule has 166 valence electrons. The molecule has 0 atom stereocenters. The number of nitrogens with zero attached hydrogens (tertiary/aromatic N) is 3. The smallest absolute Gasteiger partial charge is 0.410 e. The average Bonchev–Trinajstić information content (AvgIpc) is 3.28. The second kappa shape index (κ2) is 6.43. The predicted molar refractivity (Wildman–Crippen MR) is 111 cm³/mol. The minimum absolute atomic E-state index is 0.0585. The number of para-hydroxylation sites is 1. The van der Waals surface area contributed by atoms with Gasteiger partial charge in [-0.05, 0) is 39.7 Å². The third kappa shape index (κ3) is 3.02. The van der Waals surface area contributed by atoms with Crippen molar-refractivity contribution in [1.29, 1.82) is 0 Å². The summed E-state index contributed by atoms with van der Waals surface area (Å²) >= 11 is 0. The van der Waals surface area contributed by atoms with Gasteiger partial charge in [0.1, 0.15) is 5.60 Å². The third-order valence-electron chi connectivity index (χ3n) is 6.67. The molecule has 6 nitrogen and oxygen atoms in total. The van der Waals surface area contributed by atoms with Crippen molar-refractivity contribution >= 4 is 22.9 Å². The summed E-state index contributed by atoms with van der Waals surface area (Å²) in [6.07, 6.45) is 1.06. The second-order valence-corrected chi connectivity index (χ2v) is 10.1. The lowest BCUT2D eigenvalue weighted by atomic mass is 9.76. The Hall–Kier alpha value is -2.64. The molecule has 2 aromatic rings. The molecule has 0 N–H and O–H groups in total. The van der Waals surface area contributed by atoms with Crippen LogP contribution in [-0.2, 0) is 17.7 Å². The van der Waals surface area contributed by atoms with Crippen molar-refractivity contribution in [2.75, 3.05) is 26.2 Å². The fourth-order valence-electron chi connectivity index (χ4n) is 5.23. The predicted octanol–water partition coefficient (Wildman–Crippen LogP) is 3.92. The van der Waals surface area contributed by atoms with E-state index in [-0.39, 0.29) is 25.5 Å². The Balaban J connectivity index is 1.37. The van der Waals surface area contributed by atoms with Crippen molar-refractivity contribution in [3.63, 3.8) is 0 Å². The minimum Gasteiger partial charge on any atom is -0.444 e. The van der Waals surface area contributed by atoms with E-state index in [1.54, 1.807) is 20.8 Å². The number of likely N-dealkylation sites (tertiary alicyclic amines) is 2. The van der Waals surface area contributed by atoms with Gasteiger partial charge in [-0.25, -0.2) is 13.6 Å². The van der Waals surface area contributed by atoms with Gasteiger partial charge in [0.2, 0.25) is 0 Å². The molecule has 2 amide bonds. The third-order valence-corrected chi connectivity index (χ3v) is 6.67. The highest BCUT2D eigenvalue weighted by Crippen LogP contribution is 2.51. The van der Waals surface area contributed by atoms with Crippen LogP contribution in [0.5, 0.6) is 0 Å². The molecule has 0 saturated carbocycles. The van der Waals surface area contributed by atoms with Crippen molar-refractivity contribution < 1.29 is 23.1 Å². The number of aromatic nitrogens is 1. The zero-order chi connectivity index (χ0) is 22.2. The van der Waals surface area contributed by atoms with E-state index in [9.17, 15) is 18.4 Å². The summed E-state index contributed by atoms with van der Waals surface area (Å²) in [7, 11) is 0. The number of fused-ring (bicyclic) bond motifs is 3. The van der Waals surface area contributed by atoms with E-state index in [1.165, 1.54) is 4.90 Å². The Morgan fingerprint density at radius 2 is 1.71 bits per heavy atom. The number of alkyl halides is 2. The summed E-state index contributed by atoms with van der Waals surface area (Å²) in [5.41, 5.74) is 0.517. The number of hydrogen-bond acceptors (Lipinski definition) is 3. The summed E-state index contributed by atoms with van der Waals surface area (Å²) in [6.45, 7) is 5.10. The van der Waals surface area contributed by atoms with Gasteiger partial charge in [0.15, 0.2) is 0 Å². The quantitative estimate of drug-likeness (QED) is 0.688. The van der Waals surface area contributed by atoms with Crippen molar-refractivity contribution in [3.05, 3.63) is 35.5 Å². The first-order chi connectivity index (χ1) is 14.5. The Morgan fingerprint density at radius 3 is 2.42 bits per heavy atom.